The lowest BCUT2D eigenvalue weighted by atomic mass is 9.97. The number of benzene rings is 2. The maximum Gasteiger partial charge on any atom is 0.256 e. The highest BCUT2D eigenvalue weighted by Crippen LogP contribution is 2.29. The number of aliphatic imine (C=N–C) groups is 1. The van der Waals surface area contributed by atoms with E-state index in [4.69, 9.17) is 5.73 Å². The van der Waals surface area contributed by atoms with Crippen molar-refractivity contribution < 1.29 is 14.4 Å². The summed E-state index contributed by atoms with van der Waals surface area (Å²) in [7, 11) is 3.79. The minimum Gasteiger partial charge on any atom is -0.398 e. The topological polar surface area (TPSA) is 103 Å². The van der Waals surface area contributed by atoms with Gasteiger partial charge in [-0.3, -0.25) is 19.4 Å². The van der Waals surface area contributed by atoms with Crippen molar-refractivity contribution >= 4 is 29.1 Å². The SMILES string of the molecule is CN=C(CN1CCCCC1=O)c1cc(C(=O)N2Cc3ccc(C(=O)N4CCN(C)CC4)cc3C2)c(N)cc1C. The second-order valence-corrected chi connectivity index (χ2v) is 10.9. The molecular formula is C30H38N6O3. The van der Waals surface area contributed by atoms with Crippen molar-refractivity contribution in [3.05, 3.63) is 63.7 Å². The van der Waals surface area contributed by atoms with Crippen molar-refractivity contribution in [1.82, 2.24) is 19.6 Å². The van der Waals surface area contributed by atoms with Gasteiger partial charge in [0.15, 0.2) is 0 Å². The van der Waals surface area contributed by atoms with Gasteiger partial charge in [-0.25, -0.2) is 0 Å². The third kappa shape index (κ3) is 5.54. The highest BCUT2D eigenvalue weighted by molar-refractivity contribution is 6.08. The molecule has 3 heterocycles. The van der Waals surface area contributed by atoms with Crippen LogP contribution >= 0.6 is 0 Å². The standard InChI is InChI=1S/C30H38N6O3/c1-20-14-26(31)25(16-24(20)27(32-2)19-35-9-5-4-6-28(35)37)30(39)36-17-22-8-7-21(15-23(22)18-36)29(38)34-12-10-33(3)11-13-34/h7-8,14-16H,4-6,9-13,17-19,31H2,1-3H3. The molecule has 0 spiro atoms. The zero-order valence-electron chi connectivity index (χ0n) is 23.2. The summed E-state index contributed by atoms with van der Waals surface area (Å²) in [6.45, 7) is 7.19. The molecule has 39 heavy (non-hydrogen) atoms. The Morgan fingerprint density at radius 2 is 1.64 bits per heavy atom. The minimum atomic E-state index is -0.151. The molecule has 5 rings (SSSR count). The largest absolute Gasteiger partial charge is 0.398 e. The van der Waals surface area contributed by atoms with Crippen molar-refractivity contribution in [3.8, 4) is 0 Å². The number of likely N-dealkylation sites (tertiary alicyclic amines) is 1. The summed E-state index contributed by atoms with van der Waals surface area (Å²) in [4.78, 5) is 51.4. The number of piperidine rings is 1. The van der Waals surface area contributed by atoms with Crippen molar-refractivity contribution in [3.63, 3.8) is 0 Å². The fourth-order valence-electron chi connectivity index (χ4n) is 5.75. The molecule has 3 amide bonds. The summed E-state index contributed by atoms with van der Waals surface area (Å²) in [5.41, 5.74) is 12.5. The van der Waals surface area contributed by atoms with Crippen molar-refractivity contribution in [2.45, 2.75) is 39.3 Å². The Labute approximate surface area is 230 Å². The number of piperazine rings is 1. The van der Waals surface area contributed by atoms with Crippen LogP contribution in [0.1, 0.15) is 62.2 Å². The molecule has 0 aliphatic carbocycles. The summed E-state index contributed by atoms with van der Waals surface area (Å²) < 4.78 is 0. The van der Waals surface area contributed by atoms with Crippen molar-refractivity contribution in [2.24, 2.45) is 4.99 Å². The molecular weight excluding hydrogens is 492 g/mol. The first kappa shape index (κ1) is 26.9. The van der Waals surface area contributed by atoms with Crippen molar-refractivity contribution in [2.75, 3.05) is 59.1 Å². The number of anilines is 1. The molecule has 2 aromatic rings. The molecule has 2 N–H and O–H groups in total. The number of fused-ring (bicyclic) bond motifs is 1. The molecule has 2 saturated heterocycles. The number of hydrogen-bond acceptors (Lipinski definition) is 6. The van der Waals surface area contributed by atoms with Crippen LogP contribution in [-0.2, 0) is 17.9 Å². The van der Waals surface area contributed by atoms with Gasteiger partial charge in [0.2, 0.25) is 5.91 Å². The third-order valence-electron chi connectivity index (χ3n) is 8.22. The van der Waals surface area contributed by atoms with E-state index in [0.29, 0.717) is 42.9 Å². The maximum atomic E-state index is 13.7. The Balaban J connectivity index is 1.33. The molecule has 9 nitrogen and oxygen atoms in total. The van der Waals surface area contributed by atoms with Crippen LogP contribution in [0.25, 0.3) is 0 Å². The summed E-state index contributed by atoms with van der Waals surface area (Å²) in [6, 6.07) is 9.42. The van der Waals surface area contributed by atoms with E-state index in [1.54, 1.807) is 11.9 Å². The second kappa shape index (κ2) is 11.2. The van der Waals surface area contributed by atoms with Crippen LogP contribution in [0.15, 0.2) is 35.3 Å². The first-order valence-electron chi connectivity index (χ1n) is 13.8. The average Bonchev–Trinajstić information content (AvgIpc) is 3.36. The van der Waals surface area contributed by atoms with Crippen LogP contribution in [-0.4, -0.2) is 96.4 Å². The number of nitrogens with two attached hydrogens (primary N) is 1. The molecule has 0 aromatic heterocycles. The molecule has 3 aliphatic rings. The van der Waals surface area contributed by atoms with Gasteiger partial charge in [0.1, 0.15) is 0 Å². The lowest BCUT2D eigenvalue weighted by Crippen LogP contribution is -2.47. The first-order chi connectivity index (χ1) is 18.7. The first-order valence-corrected chi connectivity index (χ1v) is 13.8. The highest BCUT2D eigenvalue weighted by Gasteiger charge is 2.29. The lowest BCUT2D eigenvalue weighted by molar-refractivity contribution is -0.132. The van der Waals surface area contributed by atoms with Crippen LogP contribution < -0.4 is 5.73 Å². The Kier molecular flexibility index (Phi) is 7.70. The van der Waals surface area contributed by atoms with Crippen molar-refractivity contribution in [1.29, 1.82) is 0 Å². The van der Waals surface area contributed by atoms with Gasteiger partial charge in [-0.1, -0.05) is 6.07 Å². The van der Waals surface area contributed by atoms with E-state index in [1.165, 1.54) is 0 Å². The summed E-state index contributed by atoms with van der Waals surface area (Å²) in [5, 5.41) is 0. The predicted octanol–water partition coefficient (Wildman–Crippen LogP) is 2.55. The number of likely N-dealkylation sites (N-methyl/N-ethyl adjacent to an activating group) is 1. The number of carbonyl (C=O) groups excluding carboxylic acids is 3. The molecule has 206 valence electrons. The van der Waals surface area contributed by atoms with Crippen LogP contribution in [0.4, 0.5) is 5.69 Å². The van der Waals surface area contributed by atoms with Crippen LogP contribution in [0.3, 0.4) is 0 Å². The zero-order chi connectivity index (χ0) is 27.7. The van der Waals surface area contributed by atoms with E-state index < -0.39 is 0 Å². The van der Waals surface area contributed by atoms with Gasteiger partial charge in [-0.15, -0.1) is 0 Å². The monoisotopic (exact) mass is 530 g/mol. The second-order valence-electron chi connectivity index (χ2n) is 10.9. The molecule has 3 aliphatic heterocycles. The van der Waals surface area contributed by atoms with Gasteiger partial charge in [0.25, 0.3) is 11.8 Å². The minimum absolute atomic E-state index is 0.0432. The van der Waals surface area contributed by atoms with Crippen LogP contribution in [0, 0.1) is 6.92 Å². The molecule has 0 atom stereocenters. The van der Waals surface area contributed by atoms with E-state index in [9.17, 15) is 14.4 Å². The van der Waals surface area contributed by atoms with Gasteiger partial charge < -0.3 is 25.3 Å². The number of nitrogens with zero attached hydrogens (tertiary/aromatic N) is 5. The van der Waals surface area contributed by atoms with Crippen LogP contribution in [0.2, 0.25) is 0 Å². The molecule has 0 bridgehead atoms. The fraction of sp³-hybridized carbons (Fsp3) is 0.467. The molecule has 0 radical (unpaired) electrons. The Bertz CT molecular complexity index is 1330. The number of nitrogen functional groups attached to an aromatic ring is 1. The Morgan fingerprint density at radius 1 is 0.897 bits per heavy atom. The van der Waals surface area contributed by atoms with E-state index >= 15 is 0 Å². The van der Waals surface area contributed by atoms with E-state index in [2.05, 4.69) is 16.9 Å². The van der Waals surface area contributed by atoms with Gasteiger partial charge in [0.05, 0.1) is 17.8 Å². The quantitative estimate of drug-likeness (QED) is 0.473. The third-order valence-corrected chi connectivity index (χ3v) is 8.22. The Morgan fingerprint density at radius 3 is 2.36 bits per heavy atom. The number of hydrogen-bond donors (Lipinski definition) is 1. The zero-order valence-corrected chi connectivity index (χ0v) is 23.2. The van der Waals surface area contributed by atoms with Gasteiger partial charge in [0, 0.05) is 76.1 Å². The number of carbonyl (C=O) groups is 3. The van der Waals surface area contributed by atoms with Gasteiger partial charge >= 0.3 is 0 Å². The van der Waals surface area contributed by atoms with Gasteiger partial charge in [-0.05, 0) is 67.8 Å². The normalized spacial score (nSPS) is 18.5. The number of amides is 3. The summed E-state index contributed by atoms with van der Waals surface area (Å²) in [5.74, 6) is 0.0372. The molecule has 0 saturated carbocycles. The molecule has 0 unspecified atom stereocenters. The molecule has 9 heteroatoms. The van der Waals surface area contributed by atoms with E-state index in [1.807, 2.05) is 47.1 Å². The summed E-state index contributed by atoms with van der Waals surface area (Å²) in [6.07, 6.45) is 2.49. The predicted molar refractivity (Wildman–Crippen MR) is 152 cm³/mol. The lowest BCUT2D eigenvalue weighted by Gasteiger charge is -2.32. The number of aryl methyl sites for hydroxylation is 1. The fourth-order valence-corrected chi connectivity index (χ4v) is 5.75. The smallest absolute Gasteiger partial charge is 0.256 e. The average molecular weight is 531 g/mol. The highest BCUT2D eigenvalue weighted by atomic mass is 16.2. The molecule has 2 aromatic carbocycles. The summed E-state index contributed by atoms with van der Waals surface area (Å²) >= 11 is 0. The van der Waals surface area contributed by atoms with Crippen LogP contribution in [0.5, 0.6) is 0 Å². The Hall–Kier alpha value is -3.72. The molecule has 2 fully saturated rings. The number of rotatable bonds is 5. The van der Waals surface area contributed by atoms with E-state index in [0.717, 1.165) is 73.5 Å². The van der Waals surface area contributed by atoms with Gasteiger partial charge in [-0.2, -0.15) is 0 Å². The van der Waals surface area contributed by atoms with E-state index in [-0.39, 0.29) is 17.7 Å². The maximum absolute atomic E-state index is 13.7.